The van der Waals surface area contributed by atoms with Gasteiger partial charge in [-0.2, -0.15) is 0 Å². The minimum absolute atomic E-state index is 0.0600. The van der Waals surface area contributed by atoms with Crippen LogP contribution >= 0.6 is 0 Å². The van der Waals surface area contributed by atoms with E-state index in [0.29, 0.717) is 0 Å². The monoisotopic (exact) mass is 226 g/mol. The molecule has 0 bridgehead atoms. The van der Waals surface area contributed by atoms with Gasteiger partial charge in [0.25, 0.3) is 0 Å². The summed E-state index contributed by atoms with van der Waals surface area (Å²) in [7, 11) is 12.3. The largest absolute Gasteiger partial charge is 0.388 e. The number of hydrogen-bond acceptors (Lipinski definition) is 1. The standard InChI is InChI=1S/C12H13B2FN2/c1-8-6-9-10(16-2)4-3-5-11(9)17(8)7-12(13,14)15/h3-6,16H,7H2,1-2H3. The highest BCUT2D eigenvalue weighted by Crippen LogP contribution is 2.27. The van der Waals surface area contributed by atoms with Gasteiger partial charge in [0, 0.05) is 35.8 Å². The van der Waals surface area contributed by atoms with Crippen molar-refractivity contribution in [1.29, 1.82) is 0 Å². The lowest BCUT2D eigenvalue weighted by Crippen LogP contribution is -2.30. The van der Waals surface area contributed by atoms with Gasteiger partial charge in [-0.1, -0.05) is 6.07 Å². The number of aryl methyl sites for hydroxylation is 1. The molecule has 0 saturated carbocycles. The summed E-state index contributed by atoms with van der Waals surface area (Å²) in [6, 6.07) is 7.80. The van der Waals surface area contributed by atoms with Crippen LogP contribution in [0.4, 0.5) is 10.1 Å². The van der Waals surface area contributed by atoms with Gasteiger partial charge in [0.1, 0.15) is 15.7 Å². The molecule has 0 saturated heterocycles. The molecule has 1 heterocycles. The Bertz CT molecular complexity index is 543. The molecule has 1 N–H and O–H groups in total. The number of alkyl halides is 1. The molecule has 0 fully saturated rings. The second-order valence-electron chi connectivity index (χ2n) is 4.29. The minimum Gasteiger partial charge on any atom is -0.388 e. The van der Waals surface area contributed by atoms with Crippen molar-refractivity contribution in [3.63, 3.8) is 0 Å². The summed E-state index contributed by atoms with van der Waals surface area (Å²) >= 11 is 0. The average Bonchev–Trinajstić information content (AvgIpc) is 2.53. The van der Waals surface area contributed by atoms with E-state index in [0.717, 1.165) is 22.3 Å². The van der Waals surface area contributed by atoms with Crippen molar-refractivity contribution in [1.82, 2.24) is 4.57 Å². The number of hydrogen-bond donors (Lipinski definition) is 1. The van der Waals surface area contributed by atoms with Gasteiger partial charge in [0.2, 0.25) is 0 Å². The normalized spacial score (nSPS) is 11.9. The van der Waals surface area contributed by atoms with Crippen LogP contribution in [0.5, 0.6) is 0 Å². The second-order valence-corrected chi connectivity index (χ2v) is 4.29. The molecule has 4 radical (unpaired) electrons. The molecule has 2 rings (SSSR count). The molecule has 84 valence electrons. The van der Waals surface area contributed by atoms with Crippen LogP contribution < -0.4 is 5.32 Å². The van der Waals surface area contributed by atoms with Gasteiger partial charge in [-0.05, 0) is 25.1 Å². The van der Waals surface area contributed by atoms with Crippen LogP contribution in [0.2, 0.25) is 0 Å². The van der Waals surface area contributed by atoms with Gasteiger partial charge in [-0.25, -0.2) is 0 Å². The number of fused-ring (bicyclic) bond motifs is 1. The number of nitrogens with zero attached hydrogens (tertiary/aromatic N) is 1. The van der Waals surface area contributed by atoms with E-state index in [-0.39, 0.29) is 6.54 Å². The number of anilines is 1. The van der Waals surface area contributed by atoms with Crippen LogP contribution in [0.3, 0.4) is 0 Å². The summed E-state index contributed by atoms with van der Waals surface area (Å²) in [6.07, 6.45) is 0. The van der Waals surface area contributed by atoms with E-state index in [1.165, 1.54) is 0 Å². The average molecular weight is 226 g/mol. The molecule has 5 heteroatoms. The quantitative estimate of drug-likeness (QED) is 0.791. The SMILES string of the molecule is [B]C([B])(F)Cn1c(C)cc2c(NC)cccc21. The Hall–Kier alpha value is -1.38. The van der Waals surface area contributed by atoms with Crippen LogP contribution in [-0.2, 0) is 6.54 Å². The van der Waals surface area contributed by atoms with Crippen molar-refractivity contribution in [2.24, 2.45) is 0 Å². The highest BCUT2D eigenvalue weighted by atomic mass is 19.1. The molecule has 17 heavy (non-hydrogen) atoms. The minimum atomic E-state index is -2.20. The van der Waals surface area contributed by atoms with Crippen molar-refractivity contribution in [3.05, 3.63) is 30.0 Å². The lowest BCUT2D eigenvalue weighted by Gasteiger charge is -2.18. The molecular formula is C12H13B2FN2. The number of rotatable bonds is 3. The van der Waals surface area contributed by atoms with E-state index in [9.17, 15) is 4.39 Å². The highest BCUT2D eigenvalue weighted by molar-refractivity contribution is 6.38. The number of benzene rings is 1. The molecule has 0 aliphatic heterocycles. The smallest absolute Gasteiger partial charge is 0.109 e. The molecule has 0 unspecified atom stereocenters. The second kappa shape index (κ2) is 4.13. The van der Waals surface area contributed by atoms with Gasteiger partial charge in [-0.15, -0.1) is 0 Å². The van der Waals surface area contributed by atoms with E-state index in [2.05, 4.69) is 5.32 Å². The maximum Gasteiger partial charge on any atom is 0.109 e. The number of aromatic nitrogens is 1. The summed E-state index contributed by atoms with van der Waals surface area (Å²) in [5, 5.41) is 4.14. The van der Waals surface area contributed by atoms with Gasteiger partial charge < -0.3 is 9.88 Å². The van der Waals surface area contributed by atoms with Crippen LogP contribution in [0, 0.1) is 6.92 Å². The van der Waals surface area contributed by atoms with E-state index < -0.39 is 5.47 Å². The van der Waals surface area contributed by atoms with Crippen LogP contribution in [0.25, 0.3) is 10.9 Å². The Balaban J connectivity index is 2.60. The Kier molecular flexibility index (Phi) is 2.94. The summed E-state index contributed by atoms with van der Waals surface area (Å²) in [5.74, 6) is 0. The fourth-order valence-corrected chi connectivity index (χ4v) is 2.09. The zero-order valence-corrected chi connectivity index (χ0v) is 10.00. The number of nitrogens with one attached hydrogen (secondary N) is 1. The van der Waals surface area contributed by atoms with Gasteiger partial charge >= 0.3 is 0 Å². The third-order valence-corrected chi connectivity index (χ3v) is 2.82. The van der Waals surface area contributed by atoms with Gasteiger partial charge in [0.05, 0.1) is 5.52 Å². The zero-order valence-electron chi connectivity index (χ0n) is 10.00. The molecule has 0 amide bonds. The van der Waals surface area contributed by atoms with Crippen molar-refractivity contribution in [3.8, 4) is 0 Å². The van der Waals surface area contributed by atoms with Gasteiger partial charge in [-0.3, -0.25) is 4.39 Å². The fraction of sp³-hybridized carbons (Fsp3) is 0.333. The molecule has 2 aromatic rings. The maximum atomic E-state index is 13.4. The highest BCUT2D eigenvalue weighted by Gasteiger charge is 2.18. The molecule has 2 nitrogen and oxygen atoms in total. The lowest BCUT2D eigenvalue weighted by atomic mass is 9.67. The summed E-state index contributed by atoms with van der Waals surface area (Å²) in [6.45, 7) is 1.85. The first-order valence-corrected chi connectivity index (χ1v) is 5.45. The predicted molar refractivity (Wildman–Crippen MR) is 71.6 cm³/mol. The topological polar surface area (TPSA) is 17.0 Å². The van der Waals surface area contributed by atoms with E-state index in [4.69, 9.17) is 15.7 Å². The van der Waals surface area contributed by atoms with Crippen molar-refractivity contribution in [2.45, 2.75) is 18.9 Å². The molecule has 1 aromatic carbocycles. The van der Waals surface area contributed by atoms with Crippen LogP contribution in [0.1, 0.15) is 5.69 Å². The van der Waals surface area contributed by atoms with Crippen molar-refractivity contribution in [2.75, 3.05) is 12.4 Å². The Morgan fingerprint density at radius 1 is 1.41 bits per heavy atom. The van der Waals surface area contributed by atoms with Gasteiger partial charge in [0.15, 0.2) is 0 Å². The summed E-state index contributed by atoms with van der Waals surface area (Å²) < 4.78 is 15.1. The molecular weight excluding hydrogens is 213 g/mol. The van der Waals surface area contributed by atoms with E-state index >= 15 is 0 Å². The lowest BCUT2D eigenvalue weighted by molar-refractivity contribution is 0.348. The first kappa shape index (κ1) is 12.1. The summed E-state index contributed by atoms with van der Waals surface area (Å²) in [4.78, 5) is 0. The third-order valence-electron chi connectivity index (χ3n) is 2.82. The Morgan fingerprint density at radius 2 is 2.12 bits per heavy atom. The predicted octanol–water partition coefficient (Wildman–Crippen LogP) is 1.95. The Morgan fingerprint density at radius 3 is 2.71 bits per heavy atom. The third kappa shape index (κ3) is 2.33. The molecule has 1 aromatic heterocycles. The van der Waals surface area contributed by atoms with Crippen LogP contribution in [-0.4, -0.2) is 32.8 Å². The van der Waals surface area contributed by atoms with Crippen molar-refractivity contribution < 1.29 is 4.39 Å². The molecule has 0 atom stereocenters. The Labute approximate surface area is 103 Å². The first-order valence-electron chi connectivity index (χ1n) is 5.45. The van der Waals surface area contributed by atoms with Crippen LogP contribution in [0.15, 0.2) is 24.3 Å². The fourth-order valence-electron chi connectivity index (χ4n) is 2.09. The first-order chi connectivity index (χ1) is 7.92. The number of halogens is 1. The molecule has 0 aliphatic rings. The zero-order chi connectivity index (χ0) is 12.6. The molecule has 0 aliphatic carbocycles. The molecule has 0 spiro atoms. The summed E-state index contributed by atoms with van der Waals surface area (Å²) in [5.41, 5.74) is 0.655. The maximum absolute atomic E-state index is 13.4. The van der Waals surface area contributed by atoms with E-state index in [1.54, 1.807) is 4.57 Å². The van der Waals surface area contributed by atoms with Crippen molar-refractivity contribution >= 4 is 32.3 Å². The van der Waals surface area contributed by atoms with E-state index in [1.807, 2.05) is 38.2 Å².